The minimum Gasteiger partial charge on any atom is -0.396 e. The fraction of sp³-hybridized carbons (Fsp3) is 0.300. The molecular weight excluding hydrogens is 337 g/mol. The topological polar surface area (TPSA) is 26.0 Å². The SMILES string of the molecule is CCCCCc1cc2sc(C#Cc3cc(C)c(N)c(F)c3)cc2s1. The molecule has 2 N–H and O–H groups in total. The maximum atomic E-state index is 13.7. The van der Waals surface area contributed by atoms with E-state index in [0.29, 0.717) is 5.56 Å². The molecule has 0 amide bonds. The van der Waals surface area contributed by atoms with Gasteiger partial charge in [-0.25, -0.2) is 4.39 Å². The summed E-state index contributed by atoms with van der Waals surface area (Å²) < 4.78 is 16.3. The highest BCUT2D eigenvalue weighted by Crippen LogP contribution is 2.33. The van der Waals surface area contributed by atoms with E-state index in [1.165, 1.54) is 46.0 Å². The van der Waals surface area contributed by atoms with Crippen LogP contribution >= 0.6 is 22.7 Å². The average molecular weight is 358 g/mol. The maximum absolute atomic E-state index is 13.7. The first kappa shape index (κ1) is 17.0. The normalized spacial score (nSPS) is 10.8. The van der Waals surface area contributed by atoms with Crippen LogP contribution in [0.25, 0.3) is 9.40 Å². The van der Waals surface area contributed by atoms with Crippen molar-refractivity contribution in [2.24, 2.45) is 0 Å². The predicted molar refractivity (Wildman–Crippen MR) is 104 cm³/mol. The Morgan fingerprint density at radius 2 is 1.83 bits per heavy atom. The van der Waals surface area contributed by atoms with Gasteiger partial charge in [0.25, 0.3) is 0 Å². The predicted octanol–water partition coefficient (Wildman–Crippen LogP) is 6.13. The molecule has 0 bridgehead atoms. The molecule has 3 rings (SSSR count). The van der Waals surface area contributed by atoms with Crippen LogP contribution in [0.2, 0.25) is 0 Å². The molecule has 0 fully saturated rings. The number of nitrogen functional groups attached to an aromatic ring is 1. The highest BCUT2D eigenvalue weighted by atomic mass is 32.1. The van der Waals surface area contributed by atoms with Crippen LogP contribution in [0, 0.1) is 24.6 Å². The third kappa shape index (κ3) is 3.80. The molecule has 2 heterocycles. The molecule has 0 aliphatic carbocycles. The van der Waals surface area contributed by atoms with E-state index >= 15 is 0 Å². The van der Waals surface area contributed by atoms with Gasteiger partial charge in [0.2, 0.25) is 0 Å². The number of rotatable bonds is 4. The zero-order valence-corrected chi connectivity index (χ0v) is 15.5. The minimum absolute atomic E-state index is 0.202. The van der Waals surface area contributed by atoms with Crippen LogP contribution < -0.4 is 5.73 Å². The largest absolute Gasteiger partial charge is 0.396 e. The van der Waals surface area contributed by atoms with Crippen molar-refractivity contribution in [3.05, 3.63) is 51.0 Å². The van der Waals surface area contributed by atoms with E-state index in [2.05, 4.69) is 30.9 Å². The summed E-state index contributed by atoms with van der Waals surface area (Å²) in [5, 5.41) is 0. The number of hydrogen-bond acceptors (Lipinski definition) is 3. The Hall–Kier alpha value is -1.83. The molecule has 0 unspecified atom stereocenters. The summed E-state index contributed by atoms with van der Waals surface area (Å²) in [4.78, 5) is 2.48. The molecule has 3 aromatic rings. The van der Waals surface area contributed by atoms with Crippen molar-refractivity contribution in [2.45, 2.75) is 39.5 Å². The van der Waals surface area contributed by atoms with Crippen LogP contribution in [-0.4, -0.2) is 0 Å². The van der Waals surface area contributed by atoms with Crippen LogP contribution in [0.1, 0.15) is 47.1 Å². The molecule has 2 aromatic heterocycles. The summed E-state index contributed by atoms with van der Waals surface area (Å²) in [7, 11) is 0. The molecule has 1 aromatic carbocycles. The van der Waals surface area contributed by atoms with Gasteiger partial charge in [-0.1, -0.05) is 31.6 Å². The Morgan fingerprint density at radius 3 is 2.54 bits per heavy atom. The Kier molecular flexibility index (Phi) is 5.23. The second-order valence-corrected chi connectivity index (χ2v) is 8.20. The summed E-state index contributed by atoms with van der Waals surface area (Å²) in [6.45, 7) is 4.02. The zero-order chi connectivity index (χ0) is 17.1. The summed E-state index contributed by atoms with van der Waals surface area (Å²) in [6.07, 6.45) is 4.98. The molecular formula is C20H20FNS2. The fourth-order valence-corrected chi connectivity index (χ4v) is 4.90. The number of aryl methyl sites for hydroxylation is 2. The third-order valence-electron chi connectivity index (χ3n) is 3.95. The monoisotopic (exact) mass is 357 g/mol. The van der Waals surface area contributed by atoms with Crippen molar-refractivity contribution in [1.29, 1.82) is 0 Å². The van der Waals surface area contributed by atoms with Crippen molar-refractivity contribution in [1.82, 2.24) is 0 Å². The van der Waals surface area contributed by atoms with Crippen LogP contribution in [0.3, 0.4) is 0 Å². The van der Waals surface area contributed by atoms with E-state index in [1.807, 2.05) is 17.4 Å². The second-order valence-electron chi connectivity index (χ2n) is 5.95. The van der Waals surface area contributed by atoms with Gasteiger partial charge in [-0.2, -0.15) is 0 Å². The fourth-order valence-electron chi connectivity index (χ4n) is 2.58. The van der Waals surface area contributed by atoms with Gasteiger partial charge in [0.1, 0.15) is 5.82 Å². The van der Waals surface area contributed by atoms with Crippen LogP contribution in [-0.2, 0) is 6.42 Å². The smallest absolute Gasteiger partial charge is 0.147 e. The number of anilines is 1. The maximum Gasteiger partial charge on any atom is 0.147 e. The number of thiophene rings is 2. The number of hydrogen-bond donors (Lipinski definition) is 1. The minimum atomic E-state index is -0.400. The van der Waals surface area contributed by atoms with Crippen molar-refractivity contribution >= 4 is 37.8 Å². The van der Waals surface area contributed by atoms with Crippen LogP contribution in [0.4, 0.5) is 10.1 Å². The van der Waals surface area contributed by atoms with Gasteiger partial charge in [0.05, 0.1) is 10.6 Å². The van der Waals surface area contributed by atoms with E-state index in [9.17, 15) is 4.39 Å². The zero-order valence-electron chi connectivity index (χ0n) is 13.9. The third-order valence-corrected chi connectivity index (χ3v) is 6.22. The standard InChI is InChI=1S/C20H20FNS2/c1-3-4-5-6-15-11-18-19(23-15)12-16(24-18)8-7-14-9-13(2)20(22)17(21)10-14/h9-12H,3-6,22H2,1-2H3. The molecule has 0 saturated carbocycles. The number of fused-ring (bicyclic) bond motifs is 1. The molecule has 0 atom stereocenters. The van der Waals surface area contributed by atoms with E-state index in [-0.39, 0.29) is 5.69 Å². The van der Waals surface area contributed by atoms with E-state index < -0.39 is 5.82 Å². The first-order valence-electron chi connectivity index (χ1n) is 8.16. The molecule has 4 heteroatoms. The van der Waals surface area contributed by atoms with Crippen molar-refractivity contribution in [3.8, 4) is 11.8 Å². The summed E-state index contributed by atoms with van der Waals surface area (Å²) in [5.74, 6) is 5.80. The molecule has 124 valence electrons. The average Bonchev–Trinajstić information content (AvgIpc) is 3.08. The molecule has 0 aliphatic rings. The van der Waals surface area contributed by atoms with Gasteiger partial charge in [-0.3, -0.25) is 0 Å². The lowest BCUT2D eigenvalue weighted by Crippen LogP contribution is -1.95. The second kappa shape index (κ2) is 7.38. The summed E-state index contributed by atoms with van der Waals surface area (Å²) in [5.41, 5.74) is 7.22. The number of nitrogens with two attached hydrogens (primary N) is 1. The Morgan fingerprint density at radius 1 is 1.04 bits per heavy atom. The Balaban J connectivity index is 1.78. The Labute approximate surface area is 150 Å². The molecule has 0 saturated heterocycles. The number of halogens is 1. The lowest BCUT2D eigenvalue weighted by molar-refractivity contribution is 0.631. The molecule has 0 radical (unpaired) electrons. The molecule has 0 spiro atoms. The van der Waals surface area contributed by atoms with Gasteiger partial charge in [-0.15, -0.1) is 22.7 Å². The van der Waals surface area contributed by atoms with Gasteiger partial charge >= 0.3 is 0 Å². The van der Waals surface area contributed by atoms with E-state index in [0.717, 1.165) is 10.4 Å². The van der Waals surface area contributed by atoms with Crippen molar-refractivity contribution in [2.75, 3.05) is 5.73 Å². The lowest BCUT2D eigenvalue weighted by atomic mass is 10.1. The first-order valence-corrected chi connectivity index (χ1v) is 9.80. The van der Waals surface area contributed by atoms with Gasteiger partial charge in [-0.05, 0) is 49.6 Å². The quantitative estimate of drug-likeness (QED) is 0.339. The van der Waals surface area contributed by atoms with E-state index in [4.69, 9.17) is 5.73 Å². The van der Waals surface area contributed by atoms with Gasteiger partial charge < -0.3 is 5.73 Å². The van der Waals surface area contributed by atoms with Gasteiger partial charge in [0, 0.05) is 19.8 Å². The summed E-state index contributed by atoms with van der Waals surface area (Å²) >= 11 is 3.57. The van der Waals surface area contributed by atoms with Gasteiger partial charge in [0.15, 0.2) is 0 Å². The number of benzene rings is 1. The van der Waals surface area contributed by atoms with Crippen molar-refractivity contribution in [3.63, 3.8) is 0 Å². The van der Waals surface area contributed by atoms with E-state index in [1.54, 1.807) is 18.3 Å². The summed E-state index contributed by atoms with van der Waals surface area (Å²) in [6, 6.07) is 7.66. The highest BCUT2D eigenvalue weighted by Gasteiger charge is 2.06. The van der Waals surface area contributed by atoms with Crippen LogP contribution in [0.5, 0.6) is 0 Å². The molecule has 1 nitrogen and oxygen atoms in total. The molecule has 24 heavy (non-hydrogen) atoms. The van der Waals surface area contributed by atoms with Crippen LogP contribution in [0.15, 0.2) is 24.3 Å². The lowest BCUT2D eigenvalue weighted by Gasteiger charge is -2.01. The highest BCUT2D eigenvalue weighted by molar-refractivity contribution is 7.28. The Bertz CT molecular complexity index is 870. The van der Waals surface area contributed by atoms with Crippen molar-refractivity contribution < 1.29 is 4.39 Å². The number of unbranched alkanes of at least 4 members (excludes halogenated alkanes) is 2. The molecule has 0 aliphatic heterocycles. The first-order chi connectivity index (χ1) is 11.6.